The number of aromatic nitrogens is 1. The summed E-state index contributed by atoms with van der Waals surface area (Å²) in [6.45, 7) is 1.98. The van der Waals surface area contributed by atoms with E-state index in [1.807, 2.05) is 24.4 Å². The molecule has 2 nitrogen and oxygen atoms in total. The van der Waals surface area contributed by atoms with Gasteiger partial charge in [0, 0.05) is 10.9 Å². The molecule has 0 atom stereocenters. The smallest absolute Gasteiger partial charge is 0.0901 e. The van der Waals surface area contributed by atoms with Crippen molar-refractivity contribution >= 4 is 28.6 Å². The molecule has 1 aromatic heterocycles. The molecule has 0 aliphatic heterocycles. The maximum Gasteiger partial charge on any atom is 0.0901 e. The number of benzene rings is 1. The lowest BCUT2D eigenvalue weighted by atomic mass is 10.1. The van der Waals surface area contributed by atoms with Crippen LogP contribution in [0, 0.1) is 6.92 Å². The lowest BCUT2D eigenvalue weighted by molar-refractivity contribution is 1.30. The minimum atomic E-state index is 0.577. The van der Waals surface area contributed by atoms with E-state index in [-0.39, 0.29) is 0 Å². The molecule has 72 valence electrons. The Hall–Kier alpha value is -1.06. The van der Waals surface area contributed by atoms with E-state index in [0.29, 0.717) is 10.7 Å². The van der Waals surface area contributed by atoms with Crippen molar-refractivity contribution in [2.45, 2.75) is 6.92 Å². The summed E-state index contributed by atoms with van der Waals surface area (Å²) in [7, 11) is 0. The van der Waals surface area contributed by atoms with Gasteiger partial charge in [-0.15, -0.1) is 11.3 Å². The van der Waals surface area contributed by atoms with E-state index in [0.717, 1.165) is 16.3 Å². The average molecular weight is 225 g/mol. The zero-order valence-corrected chi connectivity index (χ0v) is 9.19. The number of rotatable bonds is 1. The second-order valence-electron chi connectivity index (χ2n) is 2.99. The third-order valence-electron chi connectivity index (χ3n) is 1.92. The Morgan fingerprint density at radius 1 is 1.43 bits per heavy atom. The van der Waals surface area contributed by atoms with Gasteiger partial charge in [0.15, 0.2) is 0 Å². The predicted octanol–water partition coefficient (Wildman–Crippen LogP) is 3.35. The number of halogens is 1. The molecule has 1 aromatic carbocycles. The van der Waals surface area contributed by atoms with Crippen LogP contribution in [0.25, 0.3) is 11.3 Å². The molecule has 0 unspecified atom stereocenters. The molecule has 0 radical (unpaired) electrons. The van der Waals surface area contributed by atoms with Gasteiger partial charge in [0.25, 0.3) is 0 Å². The third kappa shape index (κ3) is 1.74. The van der Waals surface area contributed by atoms with E-state index in [1.165, 1.54) is 0 Å². The van der Waals surface area contributed by atoms with Crippen LogP contribution in [-0.4, -0.2) is 4.98 Å². The fourth-order valence-corrected chi connectivity index (χ4v) is 1.99. The summed E-state index contributed by atoms with van der Waals surface area (Å²) in [6.07, 6.45) is 0. The Morgan fingerprint density at radius 2 is 2.21 bits per heavy atom. The number of aryl methyl sites for hydroxylation is 1. The summed E-state index contributed by atoms with van der Waals surface area (Å²) < 4.78 is 0. The topological polar surface area (TPSA) is 38.9 Å². The number of thiazole rings is 1. The monoisotopic (exact) mass is 224 g/mol. The number of nitrogens with two attached hydrogens (primary N) is 1. The highest BCUT2D eigenvalue weighted by atomic mass is 35.5. The summed E-state index contributed by atoms with van der Waals surface area (Å²) in [5.74, 6) is 0. The summed E-state index contributed by atoms with van der Waals surface area (Å²) in [6, 6.07) is 5.56. The van der Waals surface area contributed by atoms with Crippen molar-refractivity contribution in [3.05, 3.63) is 33.6 Å². The van der Waals surface area contributed by atoms with Crippen LogP contribution < -0.4 is 5.73 Å². The van der Waals surface area contributed by atoms with Crippen LogP contribution in [-0.2, 0) is 0 Å². The molecule has 2 N–H and O–H groups in total. The molecule has 14 heavy (non-hydrogen) atoms. The molecule has 2 rings (SSSR count). The molecule has 0 saturated carbocycles. The molecule has 0 aliphatic carbocycles. The van der Waals surface area contributed by atoms with Crippen LogP contribution in [0.2, 0.25) is 5.02 Å². The standard InChI is InChI=1S/C10H9ClN2S/c1-6-13-10(5-14-6)7-2-3-9(12)8(11)4-7/h2-5H,12H2,1H3. The first kappa shape index (κ1) is 9.49. The van der Waals surface area contributed by atoms with Crippen LogP contribution in [0.3, 0.4) is 0 Å². The molecule has 0 bridgehead atoms. The lowest BCUT2D eigenvalue weighted by Gasteiger charge is -2.00. The maximum absolute atomic E-state index is 5.92. The molecule has 0 aliphatic rings. The van der Waals surface area contributed by atoms with Gasteiger partial charge in [-0.05, 0) is 19.1 Å². The van der Waals surface area contributed by atoms with E-state index in [1.54, 1.807) is 17.4 Å². The highest BCUT2D eigenvalue weighted by Gasteiger charge is 2.03. The van der Waals surface area contributed by atoms with E-state index < -0.39 is 0 Å². The highest BCUT2D eigenvalue weighted by molar-refractivity contribution is 7.09. The van der Waals surface area contributed by atoms with E-state index in [4.69, 9.17) is 17.3 Å². The largest absolute Gasteiger partial charge is 0.398 e. The van der Waals surface area contributed by atoms with Crippen LogP contribution in [0.15, 0.2) is 23.6 Å². The molecule has 0 fully saturated rings. The molecule has 0 amide bonds. The number of nitrogens with zero attached hydrogens (tertiary/aromatic N) is 1. The first-order valence-corrected chi connectivity index (χ1v) is 5.40. The van der Waals surface area contributed by atoms with Gasteiger partial charge in [-0.2, -0.15) is 0 Å². The Bertz CT molecular complexity index is 465. The van der Waals surface area contributed by atoms with Crippen molar-refractivity contribution in [3.8, 4) is 11.3 Å². The van der Waals surface area contributed by atoms with E-state index >= 15 is 0 Å². The zero-order valence-electron chi connectivity index (χ0n) is 7.62. The first-order valence-electron chi connectivity index (χ1n) is 4.14. The van der Waals surface area contributed by atoms with Crippen LogP contribution in [0.1, 0.15) is 5.01 Å². The number of anilines is 1. The second-order valence-corrected chi connectivity index (χ2v) is 4.46. The molecule has 1 heterocycles. The summed E-state index contributed by atoms with van der Waals surface area (Å²) in [5.41, 5.74) is 8.18. The van der Waals surface area contributed by atoms with Gasteiger partial charge in [-0.1, -0.05) is 17.7 Å². The quantitative estimate of drug-likeness (QED) is 0.755. The van der Waals surface area contributed by atoms with Crippen LogP contribution >= 0.6 is 22.9 Å². The average Bonchev–Trinajstić information content (AvgIpc) is 2.57. The minimum absolute atomic E-state index is 0.577. The Balaban J connectivity index is 2.47. The fraction of sp³-hybridized carbons (Fsp3) is 0.100. The van der Waals surface area contributed by atoms with Gasteiger partial charge in [-0.25, -0.2) is 4.98 Å². The Kier molecular flexibility index (Phi) is 2.44. The molecular weight excluding hydrogens is 216 g/mol. The van der Waals surface area contributed by atoms with Crippen molar-refractivity contribution in [3.63, 3.8) is 0 Å². The normalized spacial score (nSPS) is 10.4. The van der Waals surface area contributed by atoms with Crippen molar-refractivity contribution in [1.29, 1.82) is 0 Å². The second kappa shape index (κ2) is 3.59. The van der Waals surface area contributed by atoms with Crippen molar-refractivity contribution in [2.75, 3.05) is 5.73 Å². The Morgan fingerprint density at radius 3 is 2.79 bits per heavy atom. The summed E-state index contributed by atoms with van der Waals surface area (Å²) in [5, 5.41) is 3.64. The predicted molar refractivity (Wildman–Crippen MR) is 61.7 cm³/mol. The number of hydrogen-bond donors (Lipinski definition) is 1. The molecule has 2 aromatic rings. The molecule has 4 heteroatoms. The SMILES string of the molecule is Cc1nc(-c2ccc(N)c(Cl)c2)cs1. The summed E-state index contributed by atoms with van der Waals surface area (Å²) >= 11 is 7.54. The van der Waals surface area contributed by atoms with E-state index in [2.05, 4.69) is 4.98 Å². The van der Waals surface area contributed by atoms with Crippen molar-refractivity contribution in [1.82, 2.24) is 4.98 Å². The van der Waals surface area contributed by atoms with Crippen molar-refractivity contribution in [2.24, 2.45) is 0 Å². The highest BCUT2D eigenvalue weighted by Crippen LogP contribution is 2.27. The van der Waals surface area contributed by atoms with Gasteiger partial charge in [0.2, 0.25) is 0 Å². The van der Waals surface area contributed by atoms with Crippen LogP contribution in [0.4, 0.5) is 5.69 Å². The molecule has 0 saturated heterocycles. The van der Waals surface area contributed by atoms with Gasteiger partial charge < -0.3 is 5.73 Å². The Labute approximate surface area is 91.4 Å². The minimum Gasteiger partial charge on any atom is -0.398 e. The maximum atomic E-state index is 5.92. The summed E-state index contributed by atoms with van der Waals surface area (Å²) in [4.78, 5) is 4.37. The van der Waals surface area contributed by atoms with Gasteiger partial charge in [0.1, 0.15) is 0 Å². The molecular formula is C10H9ClN2S. The van der Waals surface area contributed by atoms with Gasteiger partial charge in [0.05, 0.1) is 21.4 Å². The van der Waals surface area contributed by atoms with Crippen molar-refractivity contribution < 1.29 is 0 Å². The number of hydrogen-bond acceptors (Lipinski definition) is 3. The zero-order chi connectivity index (χ0) is 10.1. The van der Waals surface area contributed by atoms with Crippen LogP contribution in [0.5, 0.6) is 0 Å². The third-order valence-corrected chi connectivity index (χ3v) is 3.02. The van der Waals surface area contributed by atoms with E-state index in [9.17, 15) is 0 Å². The van der Waals surface area contributed by atoms with Gasteiger partial charge in [-0.3, -0.25) is 0 Å². The lowest BCUT2D eigenvalue weighted by Crippen LogP contribution is -1.86. The molecule has 0 spiro atoms. The first-order chi connectivity index (χ1) is 6.66. The fourth-order valence-electron chi connectivity index (χ4n) is 1.18. The van der Waals surface area contributed by atoms with Gasteiger partial charge >= 0.3 is 0 Å². The number of nitrogen functional groups attached to an aromatic ring is 1.